The van der Waals surface area contributed by atoms with Crippen molar-refractivity contribution in [3.05, 3.63) is 0 Å². The van der Waals surface area contributed by atoms with Gasteiger partial charge in [-0.1, -0.05) is 0 Å². The molecule has 0 aromatic rings. The molecule has 0 aliphatic heterocycles. The van der Waals surface area contributed by atoms with E-state index in [1.165, 1.54) is 95.8 Å². The molecule has 0 radical (unpaired) electrons. The number of hydrogen-bond donors (Lipinski definition) is 5. The first-order chi connectivity index (χ1) is 14.3. The Hall–Kier alpha value is -0.760. The van der Waals surface area contributed by atoms with Gasteiger partial charge in [0.15, 0.2) is 0 Å². The predicted octanol–water partition coefficient (Wildman–Crippen LogP) is 2.38. The Balaban J connectivity index is -0.000000416. The smallest absolute Gasteiger partial charge is 0.394 e. The summed E-state index contributed by atoms with van der Waals surface area (Å²) in [6, 6.07) is 0. The van der Waals surface area contributed by atoms with Gasteiger partial charge in [-0.15, -0.1) is 0 Å². The third-order valence-electron chi connectivity index (χ3n) is 3.78. The van der Waals surface area contributed by atoms with E-state index in [9.17, 15) is 14.4 Å². The zero-order valence-electron chi connectivity index (χ0n) is 18.5. The van der Waals surface area contributed by atoms with Crippen molar-refractivity contribution in [2.24, 2.45) is 0 Å². The van der Waals surface area contributed by atoms with Crippen LogP contribution in [0.5, 0.6) is 0 Å². The van der Waals surface area contributed by atoms with Gasteiger partial charge in [0.2, 0.25) is 0 Å². The Labute approximate surface area is 202 Å². The van der Waals surface area contributed by atoms with Crippen molar-refractivity contribution in [1.82, 2.24) is 4.90 Å². The summed E-state index contributed by atoms with van der Waals surface area (Å²) in [7, 11) is -4.67. The van der Waals surface area contributed by atoms with Gasteiger partial charge in [-0.05, 0) is 0 Å². The zero-order chi connectivity index (χ0) is 24.7. The summed E-state index contributed by atoms with van der Waals surface area (Å²) in [6.07, 6.45) is 14.7. The average Bonchev–Trinajstić information content (AvgIpc) is 2.58. The molecule has 0 unspecified atom stereocenters. The molecule has 0 saturated heterocycles. The minimum atomic E-state index is -4.67. The van der Waals surface area contributed by atoms with Crippen molar-refractivity contribution >= 4 is 56.2 Å². The maximum atomic E-state index is 10.1. The van der Waals surface area contributed by atoms with Crippen LogP contribution in [0.2, 0.25) is 3.67 Å². The number of nitrogens with zero attached hydrogens (tertiary/aromatic N) is 1. The SMILES string of the molecule is CCCCCCCCCCC[CH2][Na].O=C(O)CN(CC(=O)O)CC(=O)O.O=S(=O)(O)O. The summed E-state index contributed by atoms with van der Waals surface area (Å²) >= 11 is 1.41. The molecule has 0 amide bonds. The first-order valence-electron chi connectivity index (χ1n) is 10.4. The number of carboxylic acid groups (broad SMARTS) is 3. The molecule has 0 fully saturated rings. The summed E-state index contributed by atoms with van der Waals surface area (Å²) in [6.45, 7) is 0.490. The predicted molar refractivity (Wildman–Crippen MR) is 116 cm³/mol. The van der Waals surface area contributed by atoms with Crippen LogP contribution in [-0.4, -0.2) is 103 Å². The van der Waals surface area contributed by atoms with Crippen LogP contribution in [0.25, 0.3) is 0 Å². The van der Waals surface area contributed by atoms with Crippen LogP contribution in [0.3, 0.4) is 0 Å². The third-order valence-corrected chi connectivity index (χ3v) is 4.49. The van der Waals surface area contributed by atoms with E-state index in [4.69, 9.17) is 32.8 Å². The van der Waals surface area contributed by atoms with E-state index in [0.29, 0.717) is 0 Å². The normalized spacial score (nSPS) is 10.5. The van der Waals surface area contributed by atoms with Crippen LogP contribution >= 0.6 is 0 Å². The van der Waals surface area contributed by atoms with Crippen molar-refractivity contribution < 1.29 is 47.2 Å². The number of carbonyl (C=O) groups is 3. The van der Waals surface area contributed by atoms with Crippen molar-refractivity contribution in [1.29, 1.82) is 0 Å². The molecule has 0 rings (SSSR count). The van der Waals surface area contributed by atoms with Gasteiger partial charge < -0.3 is 15.3 Å². The molecular formula is C18H36NNaO10S. The van der Waals surface area contributed by atoms with Crippen LogP contribution in [0.1, 0.15) is 71.1 Å². The molecular weight excluding hydrogens is 445 g/mol. The molecule has 0 heterocycles. The molecule has 0 atom stereocenters. The fraction of sp³-hybridized carbons (Fsp3) is 0.833. The molecule has 0 saturated carbocycles. The molecule has 31 heavy (non-hydrogen) atoms. The van der Waals surface area contributed by atoms with Gasteiger partial charge in [0.25, 0.3) is 0 Å². The van der Waals surface area contributed by atoms with E-state index >= 15 is 0 Å². The van der Waals surface area contributed by atoms with Crippen LogP contribution in [0, 0.1) is 0 Å². The quantitative estimate of drug-likeness (QED) is 0.124. The molecule has 180 valence electrons. The molecule has 0 aromatic heterocycles. The van der Waals surface area contributed by atoms with Crippen molar-refractivity contribution in [3.8, 4) is 0 Å². The van der Waals surface area contributed by atoms with Crippen LogP contribution in [0.4, 0.5) is 0 Å². The Morgan fingerprint density at radius 3 is 1.16 bits per heavy atom. The van der Waals surface area contributed by atoms with Gasteiger partial charge in [-0.3, -0.25) is 28.4 Å². The molecule has 0 aliphatic carbocycles. The van der Waals surface area contributed by atoms with E-state index in [0.717, 1.165) is 4.90 Å². The van der Waals surface area contributed by atoms with Gasteiger partial charge in [-0.25, -0.2) is 0 Å². The van der Waals surface area contributed by atoms with Crippen LogP contribution < -0.4 is 0 Å². The largest absolute Gasteiger partial charge is 0.480 e. The zero-order valence-corrected chi connectivity index (χ0v) is 21.3. The van der Waals surface area contributed by atoms with Crippen LogP contribution in [0.15, 0.2) is 0 Å². The number of aliphatic carboxylic acids is 3. The molecule has 0 bridgehead atoms. The first kappa shape index (κ1) is 34.8. The molecule has 0 aromatic carbocycles. The van der Waals surface area contributed by atoms with Crippen LogP contribution in [-0.2, 0) is 24.8 Å². The molecule has 0 aliphatic rings. The monoisotopic (exact) mass is 481 g/mol. The molecule has 11 nitrogen and oxygen atoms in total. The summed E-state index contributed by atoms with van der Waals surface area (Å²) in [5.74, 6) is -3.78. The first-order valence-corrected chi connectivity index (χ1v) is 13.2. The average molecular weight is 482 g/mol. The molecule has 0 spiro atoms. The second-order valence-corrected chi connectivity index (χ2v) is 8.85. The fourth-order valence-corrected chi connectivity index (χ4v) is 2.98. The number of carboxylic acids is 3. The van der Waals surface area contributed by atoms with Gasteiger partial charge in [-0.2, -0.15) is 8.42 Å². The fourth-order valence-electron chi connectivity index (χ4n) is 2.48. The maximum Gasteiger partial charge on any atom is 0.394 e. The second-order valence-electron chi connectivity index (χ2n) is 6.96. The van der Waals surface area contributed by atoms with Crippen molar-refractivity contribution in [2.45, 2.75) is 74.8 Å². The number of rotatable bonds is 16. The van der Waals surface area contributed by atoms with Gasteiger partial charge in [0, 0.05) is 0 Å². The Kier molecular flexibility index (Phi) is 26.9. The summed E-state index contributed by atoms with van der Waals surface area (Å²) in [5.41, 5.74) is 0. The minimum Gasteiger partial charge on any atom is -0.480 e. The van der Waals surface area contributed by atoms with Gasteiger partial charge >= 0.3 is 131 Å². The molecule has 13 heteroatoms. The number of unbranched alkanes of at least 4 members (excludes halogenated alkanes) is 9. The summed E-state index contributed by atoms with van der Waals surface area (Å²) in [5, 5.41) is 24.8. The summed E-state index contributed by atoms with van der Waals surface area (Å²) in [4.78, 5) is 31.2. The Morgan fingerprint density at radius 1 is 0.677 bits per heavy atom. The summed E-state index contributed by atoms with van der Waals surface area (Å²) < 4.78 is 33.1. The van der Waals surface area contributed by atoms with E-state index < -0.39 is 47.9 Å². The standard InChI is InChI=1S/C12H25.C6H9NO6.Na.H2O4S/c1-3-5-7-9-11-12-10-8-6-4-2;8-4(9)1-7(2-5(10)11)3-6(12)13;;1-5(2,3)4/h1,3-12H2,2H3;1-3H2,(H,8,9)(H,10,11)(H,12,13);;(H2,1,2,3,4). The van der Waals surface area contributed by atoms with Gasteiger partial charge in [0.05, 0.1) is 19.6 Å². The minimum absolute atomic E-state index is 0.599. The molecule has 5 N–H and O–H groups in total. The van der Waals surface area contributed by atoms with E-state index in [2.05, 4.69) is 6.92 Å². The van der Waals surface area contributed by atoms with E-state index in [1.54, 1.807) is 0 Å². The van der Waals surface area contributed by atoms with E-state index in [1.807, 2.05) is 0 Å². The second kappa shape index (κ2) is 23.9. The topological polar surface area (TPSA) is 190 Å². The Bertz CT molecular complexity index is 516. The number of hydrogen-bond acceptors (Lipinski definition) is 6. The third kappa shape index (κ3) is 48.1. The Morgan fingerprint density at radius 2 is 0.935 bits per heavy atom. The van der Waals surface area contributed by atoms with E-state index in [-0.39, 0.29) is 0 Å². The maximum absolute atomic E-state index is 10.1. The van der Waals surface area contributed by atoms with Crippen molar-refractivity contribution in [2.75, 3.05) is 19.6 Å². The van der Waals surface area contributed by atoms with Gasteiger partial charge in [0.1, 0.15) is 0 Å². The van der Waals surface area contributed by atoms with Crippen molar-refractivity contribution in [3.63, 3.8) is 0 Å².